The molecule has 1 N–H and O–H groups in total. The Kier molecular flexibility index (Phi) is 4.48. The van der Waals surface area contributed by atoms with Gasteiger partial charge in [-0.2, -0.15) is 10.0 Å². The summed E-state index contributed by atoms with van der Waals surface area (Å²) in [7, 11) is -3.57. The first-order valence-corrected chi connectivity index (χ1v) is 10.9. The number of hydrogen-bond acceptors (Lipinski definition) is 7. The molecule has 0 saturated carbocycles. The second-order valence-electron chi connectivity index (χ2n) is 5.87. The Labute approximate surface area is 169 Å². The van der Waals surface area contributed by atoms with Crippen molar-refractivity contribution in [3.63, 3.8) is 0 Å². The largest absolute Gasteiger partial charge is 0.457 e. The molecule has 2 aliphatic heterocycles. The Morgan fingerprint density at radius 3 is 2.61 bits per heavy atom. The van der Waals surface area contributed by atoms with Crippen LogP contribution in [0.1, 0.15) is 5.76 Å². The average Bonchev–Trinajstić information content (AvgIpc) is 3.26. The molecule has 0 bridgehead atoms. The van der Waals surface area contributed by atoms with Gasteiger partial charge in [-0.3, -0.25) is 10.2 Å². The van der Waals surface area contributed by atoms with E-state index in [1.807, 2.05) is 0 Å². The third kappa shape index (κ3) is 3.41. The number of thioether (sulfide) groups is 1. The molecule has 0 atom stereocenters. The number of rotatable bonds is 2. The molecule has 0 fully saturated rings. The van der Waals surface area contributed by atoms with E-state index in [2.05, 4.69) is 10.1 Å². The minimum absolute atomic E-state index is 0.0360. The lowest BCUT2D eigenvalue weighted by molar-refractivity contribution is -0.114. The minimum Gasteiger partial charge on any atom is -0.457 e. The van der Waals surface area contributed by atoms with E-state index in [1.165, 1.54) is 6.08 Å². The Hall–Kier alpha value is -2.69. The monoisotopic (exact) mass is 434 g/mol. The van der Waals surface area contributed by atoms with E-state index in [9.17, 15) is 13.2 Å². The molecular formula is C17H11ClN4O4S2. The van der Waals surface area contributed by atoms with Crippen LogP contribution < -0.4 is 0 Å². The van der Waals surface area contributed by atoms with Gasteiger partial charge in [-0.05, 0) is 54.2 Å². The molecule has 0 aliphatic carbocycles. The molecule has 2 aliphatic rings. The summed E-state index contributed by atoms with van der Waals surface area (Å²) in [6.07, 6.45) is 2.38. The summed E-state index contributed by atoms with van der Waals surface area (Å²) in [5.41, 5.74) is 0.748. The molecule has 2 aromatic rings. The van der Waals surface area contributed by atoms with Crippen molar-refractivity contribution in [3.05, 3.63) is 52.8 Å². The fourth-order valence-electron chi connectivity index (χ4n) is 2.47. The summed E-state index contributed by atoms with van der Waals surface area (Å²) in [5, 5.41) is 13.8. The number of nitrogens with zero attached hydrogens (tertiary/aromatic N) is 3. The fourth-order valence-corrected chi connectivity index (χ4v) is 4.28. The van der Waals surface area contributed by atoms with Crippen LogP contribution in [0, 0.1) is 5.41 Å². The SMILES string of the molecule is CS(=O)(=O)C1=NN2C(=N)C(=Cc3ccc(-c4ccc(Cl)cc4)o3)C(=O)N=C2S1. The molecule has 0 radical (unpaired) electrons. The Balaban J connectivity index is 1.66. The number of amidine groups is 2. The van der Waals surface area contributed by atoms with Crippen molar-refractivity contribution in [2.75, 3.05) is 6.26 Å². The second kappa shape index (κ2) is 6.73. The average molecular weight is 435 g/mol. The number of amides is 1. The van der Waals surface area contributed by atoms with Crippen LogP contribution in [0.2, 0.25) is 5.02 Å². The number of sulfone groups is 1. The van der Waals surface area contributed by atoms with Crippen molar-refractivity contribution >= 4 is 60.6 Å². The van der Waals surface area contributed by atoms with Crippen molar-refractivity contribution in [2.45, 2.75) is 0 Å². The van der Waals surface area contributed by atoms with Crippen LogP contribution in [0.5, 0.6) is 0 Å². The number of aliphatic imine (C=N–C) groups is 1. The van der Waals surface area contributed by atoms with Crippen molar-refractivity contribution in [1.29, 1.82) is 5.41 Å². The third-order valence-electron chi connectivity index (χ3n) is 3.80. The zero-order chi connectivity index (χ0) is 20.1. The van der Waals surface area contributed by atoms with Crippen molar-refractivity contribution in [1.82, 2.24) is 5.01 Å². The van der Waals surface area contributed by atoms with Gasteiger partial charge in [0, 0.05) is 16.8 Å². The molecule has 0 saturated heterocycles. The normalized spacial score (nSPS) is 18.4. The van der Waals surface area contributed by atoms with Gasteiger partial charge in [0.15, 0.2) is 5.84 Å². The predicted octanol–water partition coefficient (Wildman–Crippen LogP) is 3.22. The van der Waals surface area contributed by atoms with Crippen LogP contribution in [0.4, 0.5) is 0 Å². The standard InChI is InChI=1S/C17H11ClN4O4S2/c1-28(24,25)17-21-22-14(19)12(15(23)20-16(22)27-17)8-11-6-7-13(26-11)9-2-4-10(18)5-3-9/h2-8,19H,1H3. The highest BCUT2D eigenvalue weighted by Crippen LogP contribution is 2.31. The Morgan fingerprint density at radius 1 is 1.21 bits per heavy atom. The maximum atomic E-state index is 12.3. The zero-order valence-corrected chi connectivity index (χ0v) is 16.6. The molecule has 0 spiro atoms. The highest BCUT2D eigenvalue weighted by Gasteiger charge is 2.38. The number of hydrazone groups is 1. The zero-order valence-electron chi connectivity index (χ0n) is 14.2. The molecule has 1 aromatic carbocycles. The number of hydrogen-bond donors (Lipinski definition) is 1. The van der Waals surface area contributed by atoms with Crippen LogP contribution in [0.25, 0.3) is 17.4 Å². The number of carbonyl (C=O) groups is 1. The first-order valence-electron chi connectivity index (χ1n) is 7.78. The van der Waals surface area contributed by atoms with Crippen molar-refractivity contribution in [2.24, 2.45) is 10.1 Å². The number of fused-ring (bicyclic) bond motifs is 1. The maximum Gasteiger partial charge on any atom is 0.283 e. The van der Waals surface area contributed by atoms with Crippen molar-refractivity contribution < 1.29 is 17.6 Å². The van der Waals surface area contributed by atoms with E-state index in [0.717, 1.165) is 28.6 Å². The van der Waals surface area contributed by atoms with E-state index >= 15 is 0 Å². The van der Waals surface area contributed by atoms with E-state index in [0.29, 0.717) is 16.5 Å². The summed E-state index contributed by atoms with van der Waals surface area (Å²) in [5.74, 6) is -0.0313. The number of carbonyl (C=O) groups excluding carboxylic acids is 1. The van der Waals surface area contributed by atoms with E-state index in [-0.39, 0.29) is 21.0 Å². The molecule has 142 valence electrons. The third-order valence-corrected chi connectivity index (χ3v) is 6.62. The number of nitrogens with one attached hydrogen (secondary N) is 1. The van der Waals surface area contributed by atoms with Crippen LogP contribution in [0.3, 0.4) is 0 Å². The van der Waals surface area contributed by atoms with E-state index < -0.39 is 15.7 Å². The molecule has 3 heterocycles. The van der Waals surface area contributed by atoms with Gasteiger partial charge in [-0.1, -0.05) is 11.6 Å². The summed E-state index contributed by atoms with van der Waals surface area (Å²) in [6.45, 7) is 0. The lowest BCUT2D eigenvalue weighted by atomic mass is 10.1. The predicted molar refractivity (Wildman–Crippen MR) is 109 cm³/mol. The highest BCUT2D eigenvalue weighted by molar-refractivity contribution is 8.42. The molecule has 4 rings (SSSR count). The summed E-state index contributed by atoms with van der Waals surface area (Å²) in [4.78, 5) is 16.2. The molecule has 1 amide bonds. The molecule has 1 aromatic heterocycles. The van der Waals surface area contributed by atoms with E-state index in [4.69, 9.17) is 21.4 Å². The first kappa shape index (κ1) is 18.7. The van der Waals surface area contributed by atoms with Gasteiger partial charge >= 0.3 is 0 Å². The number of halogens is 1. The first-order chi connectivity index (χ1) is 13.2. The highest BCUT2D eigenvalue weighted by atomic mass is 35.5. The Bertz CT molecular complexity index is 1210. The number of furan rings is 1. The smallest absolute Gasteiger partial charge is 0.283 e. The number of benzene rings is 1. The van der Waals surface area contributed by atoms with Crippen LogP contribution in [0.15, 0.2) is 56.5 Å². The summed E-state index contributed by atoms with van der Waals surface area (Å²) < 4.78 is 28.8. The lowest BCUT2D eigenvalue weighted by Crippen LogP contribution is -2.35. The van der Waals surface area contributed by atoms with Crippen LogP contribution >= 0.6 is 23.4 Å². The van der Waals surface area contributed by atoms with E-state index in [1.54, 1.807) is 36.4 Å². The molecule has 11 heteroatoms. The summed E-state index contributed by atoms with van der Waals surface area (Å²) >= 11 is 6.61. The van der Waals surface area contributed by atoms with Gasteiger partial charge in [-0.15, -0.1) is 5.10 Å². The maximum absolute atomic E-state index is 12.3. The summed E-state index contributed by atoms with van der Waals surface area (Å²) in [6, 6.07) is 10.4. The van der Waals surface area contributed by atoms with Gasteiger partial charge in [0.2, 0.25) is 19.4 Å². The van der Waals surface area contributed by atoms with Gasteiger partial charge in [-0.25, -0.2) is 8.42 Å². The lowest BCUT2D eigenvalue weighted by Gasteiger charge is -2.19. The molecule has 28 heavy (non-hydrogen) atoms. The van der Waals surface area contributed by atoms with Crippen molar-refractivity contribution in [3.8, 4) is 11.3 Å². The second-order valence-corrected chi connectivity index (χ2v) is 9.45. The minimum atomic E-state index is -3.57. The Morgan fingerprint density at radius 2 is 1.93 bits per heavy atom. The molecular weight excluding hydrogens is 424 g/mol. The van der Waals surface area contributed by atoms with Crippen LogP contribution in [-0.2, 0) is 14.6 Å². The topological polar surface area (TPSA) is 116 Å². The van der Waals surface area contributed by atoms with Gasteiger partial charge in [0.05, 0.1) is 5.57 Å². The quantitative estimate of drug-likeness (QED) is 0.725. The molecule has 8 nitrogen and oxygen atoms in total. The fraction of sp³-hybridized carbons (Fsp3) is 0.0588. The van der Waals surface area contributed by atoms with Crippen LogP contribution in [-0.4, -0.2) is 41.0 Å². The van der Waals surface area contributed by atoms with Gasteiger partial charge in [0.25, 0.3) is 5.91 Å². The van der Waals surface area contributed by atoms with Gasteiger partial charge in [0.1, 0.15) is 11.5 Å². The molecule has 0 unspecified atom stereocenters. The van der Waals surface area contributed by atoms with Gasteiger partial charge < -0.3 is 4.42 Å².